The molecule has 1 N–H and O–H groups in total. The SMILES string of the molecule is Cc1cnc(-c2ccnc(NC3CCCC3)n2)s1. The summed E-state index contributed by atoms with van der Waals surface area (Å²) < 4.78 is 0. The highest BCUT2D eigenvalue weighted by atomic mass is 32.1. The molecule has 0 radical (unpaired) electrons. The first-order chi connectivity index (χ1) is 8.81. The predicted octanol–water partition coefficient (Wildman–Crippen LogP) is 3.26. The van der Waals surface area contributed by atoms with E-state index < -0.39 is 0 Å². The first kappa shape index (κ1) is 11.6. The molecule has 0 atom stereocenters. The maximum atomic E-state index is 4.55. The molecule has 0 spiro atoms. The lowest BCUT2D eigenvalue weighted by Crippen LogP contribution is -2.16. The van der Waals surface area contributed by atoms with E-state index in [4.69, 9.17) is 0 Å². The number of thiazole rings is 1. The van der Waals surface area contributed by atoms with Crippen LogP contribution in [0.2, 0.25) is 0 Å². The van der Waals surface area contributed by atoms with Crippen LogP contribution in [0.25, 0.3) is 10.7 Å². The van der Waals surface area contributed by atoms with Gasteiger partial charge in [-0.05, 0) is 25.8 Å². The Morgan fingerprint density at radius 1 is 1.28 bits per heavy atom. The van der Waals surface area contributed by atoms with Crippen molar-refractivity contribution in [1.29, 1.82) is 0 Å². The molecule has 0 saturated heterocycles. The van der Waals surface area contributed by atoms with Gasteiger partial charge in [0.05, 0.1) is 0 Å². The Bertz CT molecular complexity index is 531. The predicted molar refractivity (Wildman–Crippen MR) is 73.8 cm³/mol. The third kappa shape index (κ3) is 2.51. The molecule has 2 aromatic heterocycles. The molecule has 1 aliphatic carbocycles. The number of hydrogen-bond donors (Lipinski definition) is 1. The second-order valence-electron chi connectivity index (χ2n) is 4.67. The molecule has 3 rings (SSSR count). The van der Waals surface area contributed by atoms with Crippen LogP contribution in [0, 0.1) is 6.92 Å². The van der Waals surface area contributed by atoms with Gasteiger partial charge in [-0.3, -0.25) is 0 Å². The fraction of sp³-hybridized carbons (Fsp3) is 0.462. The molecule has 1 saturated carbocycles. The zero-order valence-electron chi connectivity index (χ0n) is 10.4. The number of anilines is 1. The lowest BCUT2D eigenvalue weighted by atomic mass is 10.2. The van der Waals surface area contributed by atoms with Crippen LogP contribution in [-0.4, -0.2) is 21.0 Å². The molecule has 0 aromatic carbocycles. The van der Waals surface area contributed by atoms with Crippen molar-refractivity contribution >= 4 is 17.3 Å². The van der Waals surface area contributed by atoms with Crippen LogP contribution in [-0.2, 0) is 0 Å². The number of nitrogens with one attached hydrogen (secondary N) is 1. The lowest BCUT2D eigenvalue weighted by Gasteiger charge is -2.11. The van der Waals surface area contributed by atoms with Crippen molar-refractivity contribution in [2.45, 2.75) is 38.6 Å². The van der Waals surface area contributed by atoms with Crippen molar-refractivity contribution in [3.63, 3.8) is 0 Å². The Morgan fingerprint density at radius 3 is 2.83 bits per heavy atom. The minimum atomic E-state index is 0.540. The van der Waals surface area contributed by atoms with E-state index in [-0.39, 0.29) is 0 Å². The second-order valence-corrected chi connectivity index (χ2v) is 5.90. The van der Waals surface area contributed by atoms with Crippen LogP contribution in [0.4, 0.5) is 5.95 Å². The zero-order chi connectivity index (χ0) is 12.4. The van der Waals surface area contributed by atoms with Crippen LogP contribution in [0.1, 0.15) is 30.6 Å². The standard InChI is InChI=1S/C13H16N4S/c1-9-8-15-12(18-9)11-6-7-14-13(17-11)16-10-4-2-3-5-10/h6-8,10H,2-5H2,1H3,(H,14,16,17). The van der Waals surface area contributed by atoms with Gasteiger partial charge in [-0.1, -0.05) is 12.8 Å². The average Bonchev–Trinajstić information content (AvgIpc) is 3.01. The van der Waals surface area contributed by atoms with Gasteiger partial charge in [-0.15, -0.1) is 11.3 Å². The zero-order valence-corrected chi connectivity index (χ0v) is 11.2. The summed E-state index contributed by atoms with van der Waals surface area (Å²) in [5.41, 5.74) is 0.906. The van der Waals surface area contributed by atoms with Crippen molar-refractivity contribution in [1.82, 2.24) is 15.0 Å². The molecule has 2 heterocycles. The monoisotopic (exact) mass is 260 g/mol. The maximum absolute atomic E-state index is 4.55. The van der Waals surface area contributed by atoms with E-state index in [1.54, 1.807) is 17.5 Å². The van der Waals surface area contributed by atoms with Gasteiger partial charge < -0.3 is 5.32 Å². The summed E-state index contributed by atoms with van der Waals surface area (Å²) in [5.74, 6) is 0.729. The van der Waals surface area contributed by atoms with Gasteiger partial charge in [0.15, 0.2) is 0 Å². The summed E-state index contributed by atoms with van der Waals surface area (Å²) >= 11 is 1.66. The molecule has 4 nitrogen and oxygen atoms in total. The fourth-order valence-corrected chi connectivity index (χ4v) is 3.01. The summed E-state index contributed by atoms with van der Waals surface area (Å²) in [7, 11) is 0. The summed E-state index contributed by atoms with van der Waals surface area (Å²) in [5, 5.41) is 4.37. The minimum absolute atomic E-state index is 0.540. The molecule has 0 bridgehead atoms. The third-order valence-electron chi connectivity index (χ3n) is 3.18. The number of rotatable bonds is 3. The molecular weight excluding hydrogens is 244 g/mol. The molecule has 94 valence electrons. The molecule has 1 fully saturated rings. The molecule has 0 aliphatic heterocycles. The quantitative estimate of drug-likeness (QED) is 0.920. The van der Waals surface area contributed by atoms with Gasteiger partial charge in [0.25, 0.3) is 0 Å². The smallest absolute Gasteiger partial charge is 0.223 e. The number of nitrogens with zero attached hydrogens (tertiary/aromatic N) is 3. The van der Waals surface area contributed by atoms with Crippen molar-refractivity contribution in [2.24, 2.45) is 0 Å². The van der Waals surface area contributed by atoms with E-state index in [2.05, 4.69) is 27.2 Å². The van der Waals surface area contributed by atoms with Gasteiger partial charge in [0, 0.05) is 23.3 Å². The highest BCUT2D eigenvalue weighted by Gasteiger charge is 2.16. The van der Waals surface area contributed by atoms with E-state index in [1.807, 2.05) is 12.3 Å². The lowest BCUT2D eigenvalue weighted by molar-refractivity contribution is 0.744. The van der Waals surface area contributed by atoms with Gasteiger partial charge in [0.1, 0.15) is 10.7 Å². The second kappa shape index (κ2) is 5.02. The average molecular weight is 260 g/mol. The molecule has 0 amide bonds. The van der Waals surface area contributed by atoms with Gasteiger partial charge >= 0.3 is 0 Å². The van der Waals surface area contributed by atoms with Crippen LogP contribution in [0.15, 0.2) is 18.5 Å². The number of aryl methyl sites for hydroxylation is 1. The first-order valence-corrected chi connectivity index (χ1v) is 7.15. The summed E-state index contributed by atoms with van der Waals surface area (Å²) in [6, 6.07) is 2.45. The summed E-state index contributed by atoms with van der Waals surface area (Å²) in [6.07, 6.45) is 8.75. The Labute approximate surface area is 111 Å². The molecule has 5 heteroatoms. The normalized spacial score (nSPS) is 16.1. The van der Waals surface area contributed by atoms with Crippen LogP contribution in [0.3, 0.4) is 0 Å². The van der Waals surface area contributed by atoms with E-state index in [0.29, 0.717) is 6.04 Å². The summed E-state index contributed by atoms with van der Waals surface area (Å²) in [6.45, 7) is 2.06. The van der Waals surface area contributed by atoms with Crippen LogP contribution >= 0.6 is 11.3 Å². The molecule has 2 aromatic rings. The molecular formula is C13H16N4S. The van der Waals surface area contributed by atoms with Crippen molar-refractivity contribution in [3.05, 3.63) is 23.3 Å². The molecule has 0 unspecified atom stereocenters. The first-order valence-electron chi connectivity index (χ1n) is 6.33. The number of hydrogen-bond acceptors (Lipinski definition) is 5. The van der Waals surface area contributed by atoms with Gasteiger partial charge in [0.2, 0.25) is 5.95 Å². The third-order valence-corrected chi connectivity index (χ3v) is 4.12. The number of aromatic nitrogens is 3. The van der Waals surface area contributed by atoms with Gasteiger partial charge in [-0.25, -0.2) is 15.0 Å². The van der Waals surface area contributed by atoms with E-state index in [9.17, 15) is 0 Å². The molecule has 1 aliphatic rings. The topological polar surface area (TPSA) is 50.7 Å². The maximum Gasteiger partial charge on any atom is 0.223 e. The van der Waals surface area contributed by atoms with E-state index in [0.717, 1.165) is 16.6 Å². The largest absolute Gasteiger partial charge is 0.351 e. The minimum Gasteiger partial charge on any atom is -0.351 e. The van der Waals surface area contributed by atoms with E-state index in [1.165, 1.54) is 30.6 Å². The fourth-order valence-electron chi connectivity index (χ4n) is 2.27. The van der Waals surface area contributed by atoms with Gasteiger partial charge in [-0.2, -0.15) is 0 Å². The van der Waals surface area contributed by atoms with Crippen LogP contribution < -0.4 is 5.32 Å². The molecule has 18 heavy (non-hydrogen) atoms. The van der Waals surface area contributed by atoms with Crippen molar-refractivity contribution < 1.29 is 0 Å². The van der Waals surface area contributed by atoms with Crippen LogP contribution in [0.5, 0.6) is 0 Å². The van der Waals surface area contributed by atoms with Crippen molar-refractivity contribution in [3.8, 4) is 10.7 Å². The highest BCUT2D eigenvalue weighted by Crippen LogP contribution is 2.24. The highest BCUT2D eigenvalue weighted by molar-refractivity contribution is 7.14. The van der Waals surface area contributed by atoms with E-state index >= 15 is 0 Å². The van der Waals surface area contributed by atoms with Crippen molar-refractivity contribution in [2.75, 3.05) is 5.32 Å². The Kier molecular flexibility index (Phi) is 3.23. The Hall–Kier alpha value is -1.49. The Balaban J connectivity index is 1.80. The summed E-state index contributed by atoms with van der Waals surface area (Å²) in [4.78, 5) is 14.4. The Morgan fingerprint density at radius 2 is 2.11 bits per heavy atom.